The van der Waals surface area contributed by atoms with Gasteiger partial charge in [0.1, 0.15) is 0 Å². The maximum Gasteiger partial charge on any atom is 1.00 e. The first kappa shape index (κ1) is 25.5. The Morgan fingerprint density at radius 2 is 2.00 bits per heavy atom. The second-order valence-corrected chi connectivity index (χ2v) is 10.0. The van der Waals surface area contributed by atoms with Crippen molar-refractivity contribution in [2.45, 2.75) is 50.1 Å². The van der Waals surface area contributed by atoms with Crippen molar-refractivity contribution in [2.24, 2.45) is 0 Å². The summed E-state index contributed by atoms with van der Waals surface area (Å²) in [6.45, 7) is 17.0. The number of ether oxygens (including phenoxy) is 1. The van der Waals surface area contributed by atoms with Crippen LogP contribution in [-0.4, -0.2) is 30.7 Å². The smallest absolute Gasteiger partial charge is 1.00 e. The minimum atomic E-state index is -0.373. The zero-order valence-corrected chi connectivity index (χ0v) is 18.2. The van der Waals surface area contributed by atoms with E-state index >= 15 is 0 Å². The Kier molecular flexibility index (Phi) is 15.0. The monoisotopic (exact) mass is 436 g/mol. The summed E-state index contributed by atoms with van der Waals surface area (Å²) in [5.74, 6) is 0. The van der Waals surface area contributed by atoms with E-state index in [1.165, 1.54) is 22.8 Å². The molecule has 1 aromatic rings. The Morgan fingerprint density at radius 3 is 2.39 bits per heavy atom. The summed E-state index contributed by atoms with van der Waals surface area (Å²) < 4.78 is 6.11. The van der Waals surface area contributed by atoms with E-state index in [4.69, 9.17) is 0 Å². The van der Waals surface area contributed by atoms with Gasteiger partial charge >= 0.3 is 127 Å². The molecule has 0 bridgehead atoms. The van der Waals surface area contributed by atoms with Gasteiger partial charge in [0.05, 0.1) is 5.60 Å². The number of hydrogen-bond acceptors (Lipinski definition) is 2. The summed E-state index contributed by atoms with van der Waals surface area (Å²) in [5.41, 5.74) is 2.44. The van der Waals surface area contributed by atoms with Gasteiger partial charge in [0.15, 0.2) is 0 Å². The molecule has 0 aromatic heterocycles. The Balaban J connectivity index is 0. The molecule has 0 aliphatic carbocycles. The molecule has 0 spiro atoms. The molecule has 0 saturated heterocycles. The average molecular weight is 436 g/mol. The number of alkyl halides is 2. The molecule has 0 heterocycles. The van der Waals surface area contributed by atoms with Crippen molar-refractivity contribution in [3.05, 3.63) is 43.2 Å². The first-order valence-corrected chi connectivity index (χ1v) is 10.6. The molecule has 1 aromatic carbocycles. The number of aryl methyl sites for hydroxylation is 1. The third kappa shape index (κ3) is 13.2. The van der Waals surface area contributed by atoms with E-state index in [0.29, 0.717) is 3.92 Å². The van der Waals surface area contributed by atoms with Crippen LogP contribution in [-0.2, 0) is 22.4 Å². The van der Waals surface area contributed by atoms with Gasteiger partial charge < -0.3 is 9.53 Å². The van der Waals surface area contributed by atoms with E-state index < -0.39 is 0 Å². The standard InChI is InChI=1S/C13H17ISi.C5H9O2.Li/c1-4-12-9-11(6-7-13(12)15)8-10(3)14-5-2;1-5(2,3)7-4-6;/h6-7,9-10H,2-5,8H2,1H3;1-3H3;/q-2;-1;+1. The molecule has 124 valence electrons. The number of carbonyl (C=O) groups excluding carboxylic acids is 1. The van der Waals surface area contributed by atoms with Crippen LogP contribution in [0.1, 0.15) is 38.8 Å². The predicted molar refractivity (Wildman–Crippen MR) is 90.8 cm³/mol. The fraction of sp³-hybridized carbons (Fsp3) is 0.500. The summed E-state index contributed by atoms with van der Waals surface area (Å²) in [6, 6.07) is 6.65. The van der Waals surface area contributed by atoms with Crippen LogP contribution in [0, 0.1) is 13.8 Å². The third-order valence-electron chi connectivity index (χ3n) is 2.68. The second-order valence-electron chi connectivity index (χ2n) is 5.79. The van der Waals surface area contributed by atoms with Gasteiger partial charge in [-0.2, -0.15) is 0 Å². The molecular weight excluding hydrogens is 410 g/mol. The van der Waals surface area contributed by atoms with Crippen molar-refractivity contribution < 1.29 is 49.6 Å². The zero-order valence-electron chi connectivity index (χ0n) is 15.0. The fourth-order valence-corrected chi connectivity index (χ4v) is 3.69. The number of halogens is 1. The SMILES string of the molecule is CC(C)(C)O[C-]=O.[CH2-]C[I-]C([CH2-])Cc1ccc([Si+])c(CC)c1.[Li+]. The van der Waals surface area contributed by atoms with E-state index in [1.807, 2.05) is 0 Å². The van der Waals surface area contributed by atoms with Crippen LogP contribution in [0.3, 0.4) is 0 Å². The summed E-state index contributed by atoms with van der Waals surface area (Å²) in [4.78, 5) is 9.47. The Labute approximate surface area is 168 Å². The van der Waals surface area contributed by atoms with E-state index in [9.17, 15) is 4.79 Å². The summed E-state index contributed by atoms with van der Waals surface area (Å²) in [5, 5.41) is 1.22. The fourth-order valence-electron chi connectivity index (χ4n) is 1.66. The van der Waals surface area contributed by atoms with Crippen LogP contribution in [0.15, 0.2) is 18.2 Å². The number of hydrogen-bond donors (Lipinski definition) is 0. The molecule has 0 aliphatic rings. The summed E-state index contributed by atoms with van der Waals surface area (Å²) in [6.07, 6.45) is 2.20. The first-order valence-electron chi connectivity index (χ1n) is 7.32. The van der Waals surface area contributed by atoms with Crippen molar-refractivity contribution >= 4 is 21.9 Å². The maximum atomic E-state index is 9.47. The molecule has 2 nitrogen and oxygen atoms in total. The molecule has 0 amide bonds. The molecule has 1 atom stereocenters. The van der Waals surface area contributed by atoms with Gasteiger partial charge in [0, 0.05) is 0 Å². The van der Waals surface area contributed by atoms with Crippen LogP contribution in [0.4, 0.5) is 0 Å². The molecule has 0 aliphatic heterocycles. The third-order valence-corrected chi connectivity index (χ3v) is 5.48. The van der Waals surface area contributed by atoms with Crippen LogP contribution < -0.4 is 45.3 Å². The predicted octanol–water partition coefficient (Wildman–Crippen LogP) is -3.42. The van der Waals surface area contributed by atoms with Gasteiger partial charge in [-0.1, -0.05) is 6.47 Å². The van der Waals surface area contributed by atoms with E-state index in [-0.39, 0.29) is 45.7 Å². The van der Waals surface area contributed by atoms with Crippen LogP contribution in [0.25, 0.3) is 0 Å². The van der Waals surface area contributed by atoms with Crippen LogP contribution in [0.5, 0.6) is 0 Å². The summed E-state index contributed by atoms with van der Waals surface area (Å²) in [7, 11) is 3.62. The minimum absolute atomic E-state index is 0. The van der Waals surface area contributed by atoms with Crippen molar-refractivity contribution in [1.82, 2.24) is 0 Å². The topological polar surface area (TPSA) is 26.3 Å². The molecule has 0 fully saturated rings. The van der Waals surface area contributed by atoms with Crippen LogP contribution in [0.2, 0.25) is 0 Å². The van der Waals surface area contributed by atoms with Gasteiger partial charge in [-0.05, 0) is 20.8 Å². The molecule has 0 N–H and O–H groups in total. The van der Waals surface area contributed by atoms with E-state index in [1.54, 1.807) is 20.8 Å². The number of benzene rings is 1. The quantitative estimate of drug-likeness (QED) is 0.201. The van der Waals surface area contributed by atoms with Crippen molar-refractivity contribution in [2.75, 3.05) is 4.43 Å². The van der Waals surface area contributed by atoms with Gasteiger partial charge in [0.25, 0.3) is 0 Å². The second kappa shape index (κ2) is 13.5. The maximum absolute atomic E-state index is 9.47. The molecule has 1 unspecified atom stereocenters. The van der Waals surface area contributed by atoms with Crippen molar-refractivity contribution in [3.8, 4) is 0 Å². The number of rotatable bonds is 6. The van der Waals surface area contributed by atoms with Gasteiger partial charge in [-0.25, -0.2) is 0 Å². The largest absolute Gasteiger partial charge is 1.00 e. The normalized spacial score (nSPS) is 11.7. The van der Waals surface area contributed by atoms with Gasteiger partial charge in [0.2, 0.25) is 0 Å². The molecule has 23 heavy (non-hydrogen) atoms. The zero-order chi connectivity index (χ0) is 17.2. The average Bonchev–Trinajstić information content (AvgIpc) is 2.40. The Morgan fingerprint density at radius 1 is 1.39 bits per heavy atom. The molecule has 2 radical (unpaired) electrons. The molecule has 5 heteroatoms. The molecule has 1 rings (SSSR count). The molecule has 0 saturated carbocycles. The minimum Gasteiger partial charge on any atom is 1.00 e. The van der Waals surface area contributed by atoms with E-state index in [2.05, 4.69) is 53.9 Å². The Bertz CT molecular complexity index is 447. The Hall–Kier alpha value is 0.234. The van der Waals surface area contributed by atoms with Crippen LogP contribution >= 0.6 is 0 Å². The van der Waals surface area contributed by atoms with Gasteiger partial charge in [-0.15, -0.1) is 0 Å². The van der Waals surface area contributed by atoms with Gasteiger partial charge in [-0.3, -0.25) is 0 Å². The molecular formula is C18H26ILiO2Si-2. The summed E-state index contributed by atoms with van der Waals surface area (Å²) >= 11 is 0.183. The van der Waals surface area contributed by atoms with E-state index in [0.717, 1.165) is 17.3 Å². The van der Waals surface area contributed by atoms with Crippen molar-refractivity contribution in [1.29, 1.82) is 0 Å². The van der Waals surface area contributed by atoms with Crippen molar-refractivity contribution in [3.63, 3.8) is 0 Å². The first-order chi connectivity index (χ1) is 10.2.